The van der Waals surface area contributed by atoms with Crippen LogP contribution in [0.2, 0.25) is 0 Å². The van der Waals surface area contributed by atoms with Crippen LogP contribution in [0.4, 0.5) is 14.6 Å². The average molecular weight is 615 g/mol. The summed E-state index contributed by atoms with van der Waals surface area (Å²) in [6.45, 7) is 6.44. The lowest BCUT2D eigenvalue weighted by Crippen LogP contribution is -2.55. The summed E-state index contributed by atoms with van der Waals surface area (Å²) in [4.78, 5) is 27.9. The first-order valence-electron chi connectivity index (χ1n) is 15.0. The highest BCUT2D eigenvalue weighted by atomic mass is 32.1. The van der Waals surface area contributed by atoms with Gasteiger partial charge in [-0.1, -0.05) is 24.8 Å². The number of rotatable bonds is 7. The molecule has 0 saturated carbocycles. The first-order valence-corrected chi connectivity index (χ1v) is 15.9. The lowest BCUT2D eigenvalue weighted by Gasteiger charge is -2.41. The number of hydrogen-bond acceptors (Lipinski definition) is 8. The quantitative estimate of drug-likeness (QED) is 0.234. The van der Waals surface area contributed by atoms with Crippen LogP contribution in [-0.4, -0.2) is 76.6 Å². The van der Waals surface area contributed by atoms with Crippen molar-refractivity contribution >= 4 is 44.1 Å². The zero-order chi connectivity index (χ0) is 30.4. The molecule has 1 amide bonds. The topological polar surface area (TPSA) is 85.6 Å². The van der Waals surface area contributed by atoms with E-state index >= 15 is 4.39 Å². The summed E-state index contributed by atoms with van der Waals surface area (Å²) < 4.78 is 37.2. The van der Waals surface area contributed by atoms with E-state index in [0.717, 1.165) is 54.4 Å². The van der Waals surface area contributed by atoms with E-state index in [4.69, 9.17) is 14.7 Å². The van der Waals surface area contributed by atoms with E-state index in [-0.39, 0.29) is 31.1 Å². The fourth-order valence-electron chi connectivity index (χ4n) is 7.24. The zero-order valence-electron chi connectivity index (χ0n) is 24.3. The van der Waals surface area contributed by atoms with Crippen molar-refractivity contribution in [2.75, 3.05) is 44.2 Å². The maximum atomic E-state index is 16.0. The number of carbonyl (C=O) groups is 1. The fourth-order valence-corrected chi connectivity index (χ4v) is 8.17. The van der Waals surface area contributed by atoms with Gasteiger partial charge in [-0.25, -0.2) is 8.78 Å². The number of anilines is 1. The molecule has 4 aromatic rings. The maximum absolute atomic E-state index is 16.0. The van der Waals surface area contributed by atoms with E-state index in [9.17, 15) is 14.4 Å². The molecule has 0 radical (unpaired) electrons. The largest absolute Gasteiger partial charge is 0.461 e. The van der Waals surface area contributed by atoms with Gasteiger partial charge in [0, 0.05) is 40.8 Å². The van der Waals surface area contributed by atoms with E-state index < -0.39 is 23.6 Å². The van der Waals surface area contributed by atoms with Crippen LogP contribution in [0.5, 0.6) is 6.01 Å². The van der Waals surface area contributed by atoms with Crippen LogP contribution in [-0.2, 0) is 4.79 Å². The molecule has 44 heavy (non-hydrogen) atoms. The maximum Gasteiger partial charge on any atom is 0.319 e. The van der Waals surface area contributed by atoms with Crippen LogP contribution in [0.25, 0.3) is 32.1 Å². The van der Waals surface area contributed by atoms with Gasteiger partial charge in [-0.2, -0.15) is 15.2 Å². The number of thiophene rings is 1. The molecular formula is C33H32F2N6O2S. The summed E-state index contributed by atoms with van der Waals surface area (Å²) in [6, 6.07) is 12.8. The number of ether oxygens (including phenoxy) is 1. The SMILES string of the molecule is C=C(F)C(=O)N1CCN(c2nc(OCC34CCCN3CCC4)nc3cc(-c4cccc5ccsc45)c(F)cc23)C[C@@H]1CC#N. The van der Waals surface area contributed by atoms with E-state index in [1.807, 2.05) is 34.5 Å². The molecular weight excluding hydrogens is 582 g/mol. The number of nitriles is 1. The molecule has 0 spiro atoms. The van der Waals surface area contributed by atoms with Gasteiger partial charge < -0.3 is 14.5 Å². The van der Waals surface area contributed by atoms with Crippen molar-refractivity contribution in [2.24, 2.45) is 0 Å². The number of amides is 1. The highest BCUT2D eigenvalue weighted by molar-refractivity contribution is 7.17. The molecule has 3 fully saturated rings. The molecule has 3 aliphatic rings. The number of aromatic nitrogens is 2. The van der Waals surface area contributed by atoms with Gasteiger partial charge >= 0.3 is 6.01 Å². The molecule has 11 heteroatoms. The smallest absolute Gasteiger partial charge is 0.319 e. The lowest BCUT2D eigenvalue weighted by atomic mass is 9.95. The van der Waals surface area contributed by atoms with Crippen LogP contribution in [0, 0.1) is 17.1 Å². The second kappa shape index (κ2) is 11.4. The Morgan fingerprint density at radius 2 is 1.95 bits per heavy atom. The number of halogens is 2. The Hall–Kier alpha value is -4.14. The van der Waals surface area contributed by atoms with Crippen LogP contribution >= 0.6 is 11.3 Å². The van der Waals surface area contributed by atoms with Gasteiger partial charge in [-0.05, 0) is 67.7 Å². The number of benzene rings is 2. The molecule has 226 valence electrons. The summed E-state index contributed by atoms with van der Waals surface area (Å²) in [7, 11) is 0. The molecule has 8 nitrogen and oxygen atoms in total. The standard InChI is InChI=1S/C33H32F2N6O2S/c1-21(34)31(42)41-15-14-39(19-23(41)7-11-36)30-26-17-27(35)25(24-6-2-5-22-8-16-44-29(22)24)18-28(26)37-32(38-30)43-20-33-9-3-12-40(33)13-4-10-33/h2,5-6,8,16-18,23H,1,3-4,7,9-10,12-15,19-20H2/t23-/m0/s1. The zero-order valence-corrected chi connectivity index (χ0v) is 25.1. The van der Waals surface area contributed by atoms with Crippen molar-refractivity contribution in [1.82, 2.24) is 19.8 Å². The van der Waals surface area contributed by atoms with Gasteiger partial charge in [0.05, 0.1) is 29.6 Å². The molecule has 0 bridgehead atoms. The second-order valence-electron chi connectivity index (χ2n) is 11.9. The van der Waals surface area contributed by atoms with E-state index in [2.05, 4.69) is 17.5 Å². The predicted molar refractivity (Wildman–Crippen MR) is 167 cm³/mol. The Bertz CT molecular complexity index is 1810. The molecule has 2 aromatic heterocycles. The molecule has 0 N–H and O–H groups in total. The van der Waals surface area contributed by atoms with Gasteiger partial charge in [0.1, 0.15) is 18.2 Å². The third kappa shape index (κ3) is 4.96. The van der Waals surface area contributed by atoms with E-state index in [0.29, 0.717) is 35.4 Å². The van der Waals surface area contributed by atoms with Crippen LogP contribution in [0.15, 0.2) is 54.2 Å². The van der Waals surface area contributed by atoms with Crippen molar-refractivity contribution in [3.63, 3.8) is 0 Å². The number of piperazine rings is 1. The Kier molecular flexibility index (Phi) is 7.42. The number of carbonyl (C=O) groups excluding carboxylic acids is 1. The first-order chi connectivity index (χ1) is 21.4. The van der Waals surface area contributed by atoms with Crippen molar-refractivity contribution in [3.8, 4) is 23.2 Å². The number of nitrogens with zero attached hydrogens (tertiary/aromatic N) is 6. The monoisotopic (exact) mass is 614 g/mol. The van der Waals surface area contributed by atoms with Gasteiger partial charge in [0.15, 0.2) is 5.83 Å². The van der Waals surface area contributed by atoms with Crippen molar-refractivity contribution < 1.29 is 18.3 Å². The minimum Gasteiger partial charge on any atom is -0.461 e. The summed E-state index contributed by atoms with van der Waals surface area (Å²) in [5.74, 6) is -1.82. The third-order valence-electron chi connectivity index (χ3n) is 9.40. The van der Waals surface area contributed by atoms with Crippen LogP contribution in [0.1, 0.15) is 32.1 Å². The van der Waals surface area contributed by atoms with Crippen LogP contribution < -0.4 is 9.64 Å². The molecule has 3 aliphatic heterocycles. The fraction of sp³-hybridized carbons (Fsp3) is 0.394. The Morgan fingerprint density at radius 3 is 2.73 bits per heavy atom. The van der Waals surface area contributed by atoms with Crippen molar-refractivity contribution in [1.29, 1.82) is 5.26 Å². The molecule has 0 aliphatic carbocycles. The molecule has 1 atom stereocenters. The summed E-state index contributed by atoms with van der Waals surface area (Å²) in [5.41, 5.74) is 1.75. The van der Waals surface area contributed by atoms with Gasteiger partial charge in [0.2, 0.25) is 0 Å². The summed E-state index contributed by atoms with van der Waals surface area (Å²) >= 11 is 1.56. The molecule has 0 unspecified atom stereocenters. The van der Waals surface area contributed by atoms with Crippen molar-refractivity contribution in [3.05, 3.63) is 60.0 Å². The third-order valence-corrected chi connectivity index (χ3v) is 10.4. The first kappa shape index (κ1) is 28.6. The second-order valence-corrected chi connectivity index (χ2v) is 12.8. The highest BCUT2D eigenvalue weighted by Gasteiger charge is 2.45. The lowest BCUT2D eigenvalue weighted by molar-refractivity contribution is -0.131. The van der Waals surface area contributed by atoms with Gasteiger partial charge in [-0.3, -0.25) is 9.69 Å². The number of hydrogen-bond donors (Lipinski definition) is 0. The Labute approximate surface area is 258 Å². The normalized spacial score (nSPS) is 19.8. The molecule has 3 saturated heterocycles. The Morgan fingerprint density at radius 1 is 1.14 bits per heavy atom. The average Bonchev–Trinajstić information content (AvgIpc) is 3.75. The van der Waals surface area contributed by atoms with E-state index in [1.165, 1.54) is 11.0 Å². The summed E-state index contributed by atoms with van der Waals surface area (Å²) in [5, 5.41) is 13.0. The minimum absolute atomic E-state index is 0.00355. The van der Waals surface area contributed by atoms with Gasteiger partial charge in [0.25, 0.3) is 5.91 Å². The van der Waals surface area contributed by atoms with Gasteiger partial charge in [-0.15, -0.1) is 11.3 Å². The van der Waals surface area contributed by atoms with Crippen LogP contribution in [0.3, 0.4) is 0 Å². The van der Waals surface area contributed by atoms with E-state index in [1.54, 1.807) is 17.4 Å². The molecule has 5 heterocycles. The summed E-state index contributed by atoms with van der Waals surface area (Å²) in [6.07, 6.45) is 4.42. The highest BCUT2D eigenvalue weighted by Crippen LogP contribution is 2.40. The molecule has 7 rings (SSSR count). The van der Waals surface area contributed by atoms with Crippen molar-refractivity contribution in [2.45, 2.75) is 43.7 Å². The predicted octanol–water partition coefficient (Wildman–Crippen LogP) is 6.07. The number of fused-ring (bicyclic) bond motifs is 3. The molecule has 2 aromatic carbocycles. The Balaban J connectivity index is 1.30. The minimum atomic E-state index is -1.06.